The summed E-state index contributed by atoms with van der Waals surface area (Å²) in [4.78, 5) is 2.28. The minimum absolute atomic E-state index is 0.0875. The monoisotopic (exact) mass is 426 g/mol. The second kappa shape index (κ2) is 7.35. The number of likely N-dealkylation sites (N-methyl/N-ethyl adjacent to an activating group) is 2. The minimum Gasteiger partial charge on any atom is -0.308 e. The summed E-state index contributed by atoms with van der Waals surface area (Å²) < 4.78 is 28.5. The largest absolute Gasteiger partial charge is 0.308 e. The van der Waals surface area contributed by atoms with Crippen LogP contribution in [0.4, 0.5) is 0 Å². The number of benzene rings is 1. The van der Waals surface area contributed by atoms with Crippen LogP contribution >= 0.6 is 31.9 Å². The Balaban J connectivity index is 3.18. The first-order valence-corrected chi connectivity index (χ1v) is 9.34. The van der Waals surface area contributed by atoms with Gasteiger partial charge in [-0.3, -0.25) is 0 Å². The molecule has 0 aromatic heterocycles. The summed E-state index contributed by atoms with van der Waals surface area (Å²) in [5.41, 5.74) is 0. The van der Waals surface area contributed by atoms with E-state index in [9.17, 15) is 8.42 Å². The van der Waals surface area contributed by atoms with Crippen molar-refractivity contribution in [1.82, 2.24) is 9.21 Å². The molecule has 20 heavy (non-hydrogen) atoms. The van der Waals surface area contributed by atoms with E-state index in [0.29, 0.717) is 22.5 Å². The van der Waals surface area contributed by atoms with E-state index in [4.69, 9.17) is 0 Å². The first-order valence-electron chi connectivity index (χ1n) is 6.31. The van der Waals surface area contributed by atoms with E-state index in [1.54, 1.807) is 18.2 Å². The van der Waals surface area contributed by atoms with Crippen molar-refractivity contribution >= 4 is 41.9 Å². The van der Waals surface area contributed by atoms with E-state index in [1.807, 2.05) is 32.8 Å². The summed E-state index contributed by atoms with van der Waals surface area (Å²) in [6.07, 6.45) is 0. The molecule has 114 valence electrons. The number of halogens is 2. The molecule has 0 radical (unpaired) electrons. The Morgan fingerprint density at radius 3 is 2.30 bits per heavy atom. The van der Waals surface area contributed by atoms with Crippen LogP contribution in [0.1, 0.15) is 13.8 Å². The molecule has 1 atom stereocenters. The molecule has 0 N–H and O–H groups in total. The second-order valence-electron chi connectivity index (χ2n) is 4.89. The SMILES string of the molecule is CCN(C(C)CN(C)C)S(=O)(=O)c1ccc(Br)cc1Br. The second-order valence-corrected chi connectivity index (χ2v) is 8.52. The van der Waals surface area contributed by atoms with Crippen molar-refractivity contribution in [3.63, 3.8) is 0 Å². The maximum Gasteiger partial charge on any atom is 0.244 e. The fourth-order valence-electron chi connectivity index (χ4n) is 2.15. The zero-order valence-electron chi connectivity index (χ0n) is 12.1. The van der Waals surface area contributed by atoms with Crippen molar-refractivity contribution in [3.05, 3.63) is 27.1 Å². The van der Waals surface area contributed by atoms with Crippen molar-refractivity contribution in [2.24, 2.45) is 0 Å². The van der Waals surface area contributed by atoms with Crippen LogP contribution in [0.25, 0.3) is 0 Å². The molecule has 0 aliphatic heterocycles. The molecule has 0 fully saturated rings. The Morgan fingerprint density at radius 2 is 1.85 bits per heavy atom. The van der Waals surface area contributed by atoms with Gasteiger partial charge in [0, 0.05) is 28.1 Å². The molecule has 1 aromatic carbocycles. The van der Waals surface area contributed by atoms with Crippen molar-refractivity contribution in [2.45, 2.75) is 24.8 Å². The lowest BCUT2D eigenvalue weighted by Crippen LogP contribution is -2.43. The summed E-state index contributed by atoms with van der Waals surface area (Å²) >= 11 is 6.67. The third kappa shape index (κ3) is 4.27. The number of nitrogens with zero attached hydrogens (tertiary/aromatic N) is 2. The average Bonchev–Trinajstić information content (AvgIpc) is 2.27. The molecule has 1 aromatic rings. The van der Waals surface area contributed by atoms with Gasteiger partial charge in [0.05, 0.1) is 4.90 Å². The van der Waals surface area contributed by atoms with Crippen LogP contribution in [-0.4, -0.2) is 50.8 Å². The molecule has 0 aliphatic carbocycles. The zero-order chi connectivity index (χ0) is 15.5. The van der Waals surface area contributed by atoms with Crippen molar-refractivity contribution < 1.29 is 8.42 Å². The van der Waals surface area contributed by atoms with E-state index in [0.717, 1.165) is 4.47 Å². The molecule has 4 nitrogen and oxygen atoms in total. The summed E-state index contributed by atoms with van der Waals surface area (Å²) in [5.74, 6) is 0. The smallest absolute Gasteiger partial charge is 0.244 e. The van der Waals surface area contributed by atoms with Crippen LogP contribution in [0.3, 0.4) is 0 Å². The summed E-state index contributed by atoms with van der Waals surface area (Å²) in [5, 5.41) is 0. The average molecular weight is 428 g/mol. The van der Waals surface area contributed by atoms with Crippen molar-refractivity contribution in [1.29, 1.82) is 0 Å². The molecule has 0 heterocycles. The fraction of sp³-hybridized carbons (Fsp3) is 0.538. The maximum atomic E-state index is 12.8. The molecule has 0 spiro atoms. The highest BCUT2D eigenvalue weighted by Crippen LogP contribution is 2.29. The number of hydrogen-bond donors (Lipinski definition) is 0. The van der Waals surface area contributed by atoms with Crippen LogP contribution in [0, 0.1) is 0 Å². The van der Waals surface area contributed by atoms with Gasteiger partial charge < -0.3 is 4.90 Å². The van der Waals surface area contributed by atoms with Crippen LogP contribution < -0.4 is 0 Å². The van der Waals surface area contributed by atoms with Crippen LogP contribution in [0.15, 0.2) is 32.0 Å². The fourth-order valence-corrected chi connectivity index (χ4v) is 5.49. The van der Waals surface area contributed by atoms with Crippen molar-refractivity contribution in [3.8, 4) is 0 Å². The third-order valence-corrected chi connectivity index (χ3v) is 6.47. The van der Waals surface area contributed by atoms with Gasteiger partial charge in [-0.25, -0.2) is 8.42 Å². The quantitative estimate of drug-likeness (QED) is 0.699. The Bertz CT molecular complexity index is 561. The van der Waals surface area contributed by atoms with Gasteiger partial charge in [-0.05, 0) is 55.1 Å². The standard InChI is InChI=1S/C13H20Br2N2O2S/c1-5-17(10(2)9-16(3)4)20(18,19)13-7-6-11(14)8-12(13)15/h6-8,10H,5,9H2,1-4H3. The van der Waals surface area contributed by atoms with Gasteiger partial charge in [-0.2, -0.15) is 4.31 Å². The Hall–Kier alpha value is 0.0500. The lowest BCUT2D eigenvalue weighted by molar-refractivity contribution is 0.271. The van der Waals surface area contributed by atoms with Gasteiger partial charge in [0.1, 0.15) is 0 Å². The van der Waals surface area contributed by atoms with Crippen LogP contribution in [-0.2, 0) is 10.0 Å². The molecule has 0 saturated heterocycles. The van der Waals surface area contributed by atoms with E-state index >= 15 is 0 Å². The van der Waals surface area contributed by atoms with Crippen LogP contribution in [0.2, 0.25) is 0 Å². The lowest BCUT2D eigenvalue weighted by atomic mass is 10.3. The Morgan fingerprint density at radius 1 is 1.25 bits per heavy atom. The van der Waals surface area contributed by atoms with Gasteiger partial charge in [-0.15, -0.1) is 0 Å². The molecule has 0 aliphatic rings. The van der Waals surface area contributed by atoms with E-state index < -0.39 is 10.0 Å². The van der Waals surface area contributed by atoms with Crippen molar-refractivity contribution in [2.75, 3.05) is 27.2 Å². The first kappa shape index (κ1) is 18.1. The highest BCUT2D eigenvalue weighted by molar-refractivity contribution is 9.11. The molecule has 7 heteroatoms. The number of rotatable bonds is 6. The summed E-state index contributed by atoms with van der Waals surface area (Å²) in [7, 11) is 0.370. The van der Waals surface area contributed by atoms with Crippen LogP contribution in [0.5, 0.6) is 0 Å². The Labute approximate surface area is 138 Å². The highest BCUT2D eigenvalue weighted by atomic mass is 79.9. The van der Waals surface area contributed by atoms with Gasteiger partial charge >= 0.3 is 0 Å². The molecular weight excluding hydrogens is 408 g/mol. The summed E-state index contributed by atoms with van der Waals surface area (Å²) in [6, 6.07) is 5.02. The molecule has 0 amide bonds. The zero-order valence-corrected chi connectivity index (χ0v) is 16.1. The minimum atomic E-state index is -3.50. The molecule has 1 rings (SSSR count). The normalized spacial score (nSPS) is 14.0. The Kier molecular flexibility index (Phi) is 6.66. The number of hydrogen-bond acceptors (Lipinski definition) is 3. The predicted molar refractivity (Wildman–Crippen MR) is 89.4 cm³/mol. The third-order valence-electron chi connectivity index (χ3n) is 2.91. The highest BCUT2D eigenvalue weighted by Gasteiger charge is 2.29. The molecule has 0 saturated carbocycles. The van der Waals surface area contributed by atoms with E-state index in [2.05, 4.69) is 31.9 Å². The predicted octanol–water partition coefficient (Wildman–Crippen LogP) is 3.17. The van der Waals surface area contributed by atoms with Gasteiger partial charge in [0.2, 0.25) is 10.0 Å². The molecule has 0 bridgehead atoms. The van der Waals surface area contributed by atoms with Gasteiger partial charge in [-0.1, -0.05) is 22.9 Å². The summed E-state index contributed by atoms with van der Waals surface area (Å²) in [6.45, 7) is 4.91. The molecule has 1 unspecified atom stereocenters. The van der Waals surface area contributed by atoms with E-state index in [-0.39, 0.29) is 6.04 Å². The van der Waals surface area contributed by atoms with Gasteiger partial charge in [0.25, 0.3) is 0 Å². The topological polar surface area (TPSA) is 40.6 Å². The maximum absolute atomic E-state index is 12.8. The molecular formula is C13H20Br2N2O2S. The first-order chi connectivity index (χ1) is 9.20. The lowest BCUT2D eigenvalue weighted by Gasteiger charge is -2.29. The number of sulfonamides is 1. The van der Waals surface area contributed by atoms with Gasteiger partial charge in [0.15, 0.2) is 0 Å². The van der Waals surface area contributed by atoms with E-state index in [1.165, 1.54) is 4.31 Å².